The van der Waals surface area contributed by atoms with Crippen LogP contribution >= 0.6 is 7.82 Å². The van der Waals surface area contributed by atoms with Crippen LogP contribution in [0.3, 0.4) is 0 Å². The van der Waals surface area contributed by atoms with E-state index in [4.69, 9.17) is 23.6 Å². The number of ether oxygens (including phenoxy) is 2. The Labute approximate surface area is 241 Å². The van der Waals surface area contributed by atoms with Gasteiger partial charge < -0.3 is 33.0 Å². The van der Waals surface area contributed by atoms with E-state index in [-0.39, 0.29) is 13.0 Å². The van der Waals surface area contributed by atoms with Crippen molar-refractivity contribution in [1.29, 1.82) is 0 Å². The van der Waals surface area contributed by atoms with Crippen molar-refractivity contribution >= 4 is 25.7 Å². The number of aliphatic carboxylic acids is 1. The number of hydrogen-bond donors (Lipinski definition) is 1. The maximum absolute atomic E-state index is 12.2. The van der Waals surface area contributed by atoms with Crippen LogP contribution in [0, 0.1) is 0 Å². The summed E-state index contributed by atoms with van der Waals surface area (Å²) in [5.41, 5.74) is 0. The van der Waals surface area contributed by atoms with Gasteiger partial charge in [0.05, 0.1) is 40.6 Å². The molecule has 12 heteroatoms. The SMILES string of the molecule is CCCCCCCCCCCCCCCC(=O)OC[C@H](COP(=O)([O-])OCC[N+](C)(C)C)OC(=O)CCC(=O)O. The molecule has 0 spiro atoms. The average molecular weight is 596 g/mol. The first-order valence-corrected chi connectivity index (χ1v) is 16.3. The molecule has 0 rings (SSSR count). The third-order valence-corrected chi connectivity index (χ3v) is 7.15. The minimum absolute atomic E-state index is 0.0958. The van der Waals surface area contributed by atoms with E-state index in [1.165, 1.54) is 57.8 Å². The monoisotopic (exact) mass is 595 g/mol. The van der Waals surface area contributed by atoms with Gasteiger partial charge >= 0.3 is 17.9 Å². The number of unbranched alkanes of at least 4 members (excludes halogenated alkanes) is 12. The number of carboxylic acid groups (broad SMARTS) is 1. The first kappa shape index (κ1) is 38.5. The lowest BCUT2D eigenvalue weighted by atomic mass is 10.0. The van der Waals surface area contributed by atoms with Crippen LogP contribution in [0.5, 0.6) is 0 Å². The zero-order valence-corrected chi connectivity index (χ0v) is 26.1. The molecule has 1 N–H and O–H groups in total. The smallest absolute Gasteiger partial charge is 0.306 e. The Balaban J connectivity index is 4.29. The minimum atomic E-state index is -4.68. The topological polar surface area (TPSA) is 148 Å². The highest BCUT2D eigenvalue weighted by atomic mass is 31.2. The van der Waals surface area contributed by atoms with Crippen LogP contribution in [-0.2, 0) is 37.5 Å². The maximum atomic E-state index is 12.2. The molecule has 0 aromatic heterocycles. The number of carboxylic acids is 1. The molecule has 0 radical (unpaired) electrons. The molecule has 0 aliphatic rings. The normalized spacial score (nSPS) is 13.9. The van der Waals surface area contributed by atoms with Gasteiger partial charge in [0.15, 0.2) is 6.10 Å². The van der Waals surface area contributed by atoms with Crippen LogP contribution in [0.2, 0.25) is 0 Å². The summed E-state index contributed by atoms with van der Waals surface area (Å²) in [7, 11) is 0.938. The zero-order valence-electron chi connectivity index (χ0n) is 25.2. The molecule has 0 aliphatic heterocycles. The highest BCUT2D eigenvalue weighted by Gasteiger charge is 2.22. The highest BCUT2D eigenvalue weighted by Crippen LogP contribution is 2.38. The van der Waals surface area contributed by atoms with Gasteiger partial charge in [-0.2, -0.15) is 0 Å². The predicted octanol–water partition coefficient (Wildman–Crippen LogP) is 5.00. The second-order valence-electron chi connectivity index (χ2n) is 11.3. The Morgan fingerprint density at radius 3 is 1.77 bits per heavy atom. The quantitative estimate of drug-likeness (QED) is 0.0595. The predicted molar refractivity (Wildman–Crippen MR) is 150 cm³/mol. The largest absolute Gasteiger partial charge is 0.756 e. The fourth-order valence-electron chi connectivity index (χ4n) is 3.75. The molecule has 0 aromatic rings. The number of esters is 2. The third-order valence-electron chi connectivity index (χ3n) is 6.19. The summed E-state index contributed by atoms with van der Waals surface area (Å²) in [6.07, 6.45) is 13.6. The number of carbonyl (C=O) groups excluding carboxylic acids is 2. The first-order chi connectivity index (χ1) is 18.8. The van der Waals surface area contributed by atoms with Gasteiger partial charge in [0.2, 0.25) is 0 Å². The van der Waals surface area contributed by atoms with Gasteiger partial charge in [-0.15, -0.1) is 0 Å². The Hall–Kier alpha value is -1.52. The lowest BCUT2D eigenvalue weighted by molar-refractivity contribution is -0.870. The van der Waals surface area contributed by atoms with E-state index >= 15 is 0 Å². The molecule has 236 valence electrons. The van der Waals surface area contributed by atoms with Crippen molar-refractivity contribution in [3.63, 3.8) is 0 Å². The van der Waals surface area contributed by atoms with Crippen molar-refractivity contribution in [2.24, 2.45) is 0 Å². The molecule has 0 bridgehead atoms. The van der Waals surface area contributed by atoms with E-state index in [2.05, 4.69) is 6.92 Å². The van der Waals surface area contributed by atoms with E-state index in [0.29, 0.717) is 17.4 Å². The number of hydrogen-bond acceptors (Lipinski definition) is 9. The molecular formula is C28H54NO10P. The Morgan fingerprint density at radius 2 is 1.27 bits per heavy atom. The van der Waals surface area contributed by atoms with Gasteiger partial charge in [0.1, 0.15) is 19.8 Å². The number of phosphoric acid groups is 1. The molecule has 0 aliphatic carbocycles. The van der Waals surface area contributed by atoms with Crippen LogP contribution in [0.25, 0.3) is 0 Å². The van der Waals surface area contributed by atoms with Crippen LogP contribution < -0.4 is 4.89 Å². The number of rotatable bonds is 27. The van der Waals surface area contributed by atoms with Crippen LogP contribution in [0.15, 0.2) is 0 Å². The lowest BCUT2D eigenvalue weighted by Gasteiger charge is -2.28. The second kappa shape index (κ2) is 23.1. The van der Waals surface area contributed by atoms with Gasteiger partial charge in [0.25, 0.3) is 7.82 Å². The number of carbonyl (C=O) groups is 3. The summed E-state index contributed by atoms with van der Waals surface area (Å²) in [6, 6.07) is 0. The summed E-state index contributed by atoms with van der Waals surface area (Å²) >= 11 is 0. The van der Waals surface area contributed by atoms with E-state index in [1.807, 2.05) is 21.1 Å². The fraction of sp³-hybridized carbons (Fsp3) is 0.893. The standard InChI is InChI=1S/C28H54NO10P/c1-5-6-7-8-9-10-11-12-13-14-15-16-17-18-27(32)36-23-25(39-28(33)20-19-26(30)31)24-38-40(34,35)37-22-21-29(2,3)4/h25H,5-24H2,1-4H3,(H-,30,31,34,35)/t25-/m1/s1. The summed E-state index contributed by atoms with van der Waals surface area (Å²) in [6.45, 7) is 1.53. The van der Waals surface area contributed by atoms with E-state index in [0.717, 1.165) is 19.3 Å². The number of quaternary nitrogens is 1. The highest BCUT2D eigenvalue weighted by molar-refractivity contribution is 7.45. The Kier molecular flexibility index (Phi) is 22.2. The summed E-state index contributed by atoms with van der Waals surface area (Å²) in [5, 5.41) is 8.74. The van der Waals surface area contributed by atoms with Crippen molar-refractivity contribution in [3.8, 4) is 0 Å². The van der Waals surface area contributed by atoms with Gasteiger partial charge in [-0.1, -0.05) is 84.0 Å². The van der Waals surface area contributed by atoms with Crippen LogP contribution in [0.1, 0.15) is 110 Å². The Morgan fingerprint density at radius 1 is 0.750 bits per heavy atom. The minimum Gasteiger partial charge on any atom is -0.756 e. The Bertz CT molecular complexity index is 741. The second-order valence-corrected chi connectivity index (χ2v) is 12.7. The molecule has 0 heterocycles. The number of nitrogens with zero attached hydrogens (tertiary/aromatic N) is 1. The molecule has 0 saturated carbocycles. The molecule has 2 atom stereocenters. The van der Waals surface area contributed by atoms with Crippen LogP contribution in [-0.4, -0.2) is 81.1 Å². The molecule has 0 fully saturated rings. The van der Waals surface area contributed by atoms with Gasteiger partial charge in [-0.25, -0.2) is 0 Å². The molecule has 40 heavy (non-hydrogen) atoms. The van der Waals surface area contributed by atoms with Gasteiger partial charge in [-0.3, -0.25) is 18.9 Å². The van der Waals surface area contributed by atoms with Crippen LogP contribution in [0.4, 0.5) is 0 Å². The van der Waals surface area contributed by atoms with Gasteiger partial charge in [0, 0.05) is 6.42 Å². The first-order valence-electron chi connectivity index (χ1n) is 14.8. The molecule has 0 aromatic carbocycles. The summed E-state index contributed by atoms with van der Waals surface area (Å²) in [4.78, 5) is 46.9. The molecule has 0 amide bonds. The number of phosphoric ester groups is 1. The lowest BCUT2D eigenvalue weighted by Crippen LogP contribution is -2.37. The van der Waals surface area contributed by atoms with E-state index < -0.39 is 57.9 Å². The van der Waals surface area contributed by atoms with Crippen molar-refractivity contribution < 1.29 is 52.0 Å². The van der Waals surface area contributed by atoms with Crippen molar-refractivity contribution in [2.45, 2.75) is 116 Å². The maximum Gasteiger partial charge on any atom is 0.306 e. The summed E-state index contributed by atoms with van der Waals surface area (Å²) < 4.78 is 32.5. The van der Waals surface area contributed by atoms with Crippen molar-refractivity contribution in [2.75, 3.05) is 47.5 Å². The van der Waals surface area contributed by atoms with Crippen molar-refractivity contribution in [1.82, 2.24) is 0 Å². The molecule has 0 saturated heterocycles. The summed E-state index contributed by atoms with van der Waals surface area (Å²) in [5.74, 6) is -2.53. The average Bonchev–Trinajstić information content (AvgIpc) is 2.86. The third kappa shape index (κ3) is 26.7. The molecule has 11 nitrogen and oxygen atoms in total. The zero-order chi connectivity index (χ0) is 30.3. The fourth-order valence-corrected chi connectivity index (χ4v) is 4.48. The van der Waals surface area contributed by atoms with Gasteiger partial charge in [-0.05, 0) is 6.42 Å². The van der Waals surface area contributed by atoms with Crippen molar-refractivity contribution in [3.05, 3.63) is 0 Å². The number of likely N-dealkylation sites (N-methyl/N-ethyl adjacent to an activating group) is 1. The molecule has 1 unspecified atom stereocenters. The van der Waals surface area contributed by atoms with E-state index in [1.54, 1.807) is 0 Å². The van der Waals surface area contributed by atoms with E-state index in [9.17, 15) is 23.8 Å². The molecular weight excluding hydrogens is 541 g/mol.